The maximum absolute atomic E-state index is 13.2. The van der Waals surface area contributed by atoms with E-state index in [-0.39, 0.29) is 5.56 Å². The fourth-order valence-corrected chi connectivity index (χ4v) is 1.30. The predicted octanol–water partition coefficient (Wildman–Crippen LogP) is 2.58. The first kappa shape index (κ1) is 11.4. The topological polar surface area (TPSA) is 61.1 Å². The lowest BCUT2D eigenvalue weighted by molar-refractivity contribution is -0.132. The summed E-state index contributed by atoms with van der Waals surface area (Å²) in [6.45, 7) is 0. The minimum absolute atomic E-state index is 0.0586. The molecular weight excluding hydrogens is 265 g/mol. The Hall–Kier alpha value is -1.67. The largest absolute Gasteiger partial charge is 0.477 e. The molecule has 0 amide bonds. The highest BCUT2D eigenvalue weighted by Crippen LogP contribution is 2.18. The summed E-state index contributed by atoms with van der Waals surface area (Å²) in [6.07, 6.45) is 0.989. The van der Waals surface area contributed by atoms with Gasteiger partial charge in [0.15, 0.2) is 0 Å². The molecular formula is C10H5BrFNO2. The maximum Gasteiger partial charge on any atom is 0.346 e. The van der Waals surface area contributed by atoms with Gasteiger partial charge in [0.1, 0.15) is 17.5 Å². The Bertz CT molecular complexity index is 477. The van der Waals surface area contributed by atoms with E-state index in [1.54, 1.807) is 0 Å². The van der Waals surface area contributed by atoms with Crippen molar-refractivity contribution in [2.45, 2.75) is 0 Å². The van der Waals surface area contributed by atoms with Crippen molar-refractivity contribution in [1.29, 1.82) is 5.26 Å². The van der Waals surface area contributed by atoms with Gasteiger partial charge in [-0.2, -0.15) is 5.26 Å². The molecule has 3 nitrogen and oxygen atoms in total. The molecule has 0 saturated carbocycles. The van der Waals surface area contributed by atoms with Crippen LogP contribution in [0, 0.1) is 17.1 Å². The van der Waals surface area contributed by atoms with E-state index in [1.807, 2.05) is 0 Å². The van der Waals surface area contributed by atoms with Crippen LogP contribution >= 0.6 is 15.9 Å². The lowest BCUT2D eigenvalue weighted by atomic mass is 10.1. The van der Waals surface area contributed by atoms with E-state index in [0.29, 0.717) is 4.47 Å². The Labute approximate surface area is 93.6 Å². The molecule has 0 saturated heterocycles. The van der Waals surface area contributed by atoms with E-state index in [1.165, 1.54) is 24.3 Å². The quantitative estimate of drug-likeness (QED) is 0.663. The molecule has 1 N–H and O–H groups in total. The van der Waals surface area contributed by atoms with Gasteiger partial charge < -0.3 is 5.11 Å². The number of carboxylic acids is 1. The van der Waals surface area contributed by atoms with Crippen molar-refractivity contribution in [2.75, 3.05) is 0 Å². The Morgan fingerprint density at radius 3 is 2.80 bits per heavy atom. The normalized spacial score (nSPS) is 10.9. The fraction of sp³-hybridized carbons (Fsp3) is 0. The van der Waals surface area contributed by atoms with Crippen LogP contribution in [-0.4, -0.2) is 11.1 Å². The molecule has 0 aromatic heterocycles. The van der Waals surface area contributed by atoms with Crippen molar-refractivity contribution < 1.29 is 14.3 Å². The molecule has 0 heterocycles. The van der Waals surface area contributed by atoms with Gasteiger partial charge in [-0.3, -0.25) is 0 Å². The Kier molecular flexibility index (Phi) is 3.58. The molecule has 15 heavy (non-hydrogen) atoms. The highest BCUT2D eigenvalue weighted by molar-refractivity contribution is 9.10. The second-order valence-electron chi connectivity index (χ2n) is 2.64. The van der Waals surface area contributed by atoms with Crippen molar-refractivity contribution in [3.63, 3.8) is 0 Å². The number of hydrogen-bond acceptors (Lipinski definition) is 2. The van der Waals surface area contributed by atoms with Crippen LogP contribution in [0.5, 0.6) is 0 Å². The predicted molar refractivity (Wildman–Crippen MR) is 55.3 cm³/mol. The molecule has 1 aromatic carbocycles. The molecule has 0 bridgehead atoms. The van der Waals surface area contributed by atoms with Crippen LogP contribution in [0.3, 0.4) is 0 Å². The number of rotatable bonds is 2. The van der Waals surface area contributed by atoms with E-state index in [2.05, 4.69) is 15.9 Å². The van der Waals surface area contributed by atoms with Crippen LogP contribution in [0.25, 0.3) is 6.08 Å². The summed E-state index contributed by atoms with van der Waals surface area (Å²) >= 11 is 3.12. The van der Waals surface area contributed by atoms with Crippen molar-refractivity contribution >= 4 is 28.0 Å². The zero-order valence-corrected chi connectivity index (χ0v) is 8.95. The van der Waals surface area contributed by atoms with Gasteiger partial charge in [-0.1, -0.05) is 15.9 Å². The molecule has 0 atom stereocenters. The molecule has 1 rings (SSSR count). The molecule has 0 unspecified atom stereocenters. The maximum atomic E-state index is 13.2. The first-order valence-corrected chi connectivity index (χ1v) is 4.64. The van der Waals surface area contributed by atoms with Gasteiger partial charge in [0.2, 0.25) is 0 Å². The molecule has 0 radical (unpaired) electrons. The van der Waals surface area contributed by atoms with Crippen molar-refractivity contribution in [2.24, 2.45) is 0 Å². The lowest BCUT2D eigenvalue weighted by Crippen LogP contribution is -1.98. The van der Waals surface area contributed by atoms with E-state index in [0.717, 1.165) is 6.08 Å². The molecule has 0 aliphatic heterocycles. The number of aliphatic carboxylic acids is 1. The van der Waals surface area contributed by atoms with Gasteiger partial charge in [0.25, 0.3) is 0 Å². The first-order valence-electron chi connectivity index (χ1n) is 3.84. The van der Waals surface area contributed by atoms with Crippen LogP contribution in [0.1, 0.15) is 5.56 Å². The number of carbonyl (C=O) groups is 1. The van der Waals surface area contributed by atoms with Gasteiger partial charge >= 0.3 is 5.97 Å². The van der Waals surface area contributed by atoms with Gasteiger partial charge in [-0.15, -0.1) is 0 Å². The number of benzene rings is 1. The summed E-state index contributed by atoms with van der Waals surface area (Å²) in [4.78, 5) is 10.5. The average molecular weight is 270 g/mol. The van der Waals surface area contributed by atoms with Gasteiger partial charge in [0, 0.05) is 10.0 Å². The van der Waals surface area contributed by atoms with Gasteiger partial charge in [-0.25, -0.2) is 9.18 Å². The minimum atomic E-state index is -1.38. The lowest BCUT2D eigenvalue weighted by Gasteiger charge is -1.98. The van der Waals surface area contributed by atoms with Crippen molar-refractivity contribution in [3.8, 4) is 6.07 Å². The smallest absolute Gasteiger partial charge is 0.346 e. The van der Waals surface area contributed by atoms with Crippen LogP contribution in [0.2, 0.25) is 0 Å². The second kappa shape index (κ2) is 4.71. The highest BCUT2D eigenvalue weighted by atomic mass is 79.9. The zero-order chi connectivity index (χ0) is 11.4. The molecule has 5 heteroatoms. The summed E-state index contributed by atoms with van der Waals surface area (Å²) in [7, 11) is 0. The summed E-state index contributed by atoms with van der Waals surface area (Å²) in [5, 5.41) is 17.1. The van der Waals surface area contributed by atoms with E-state index in [4.69, 9.17) is 10.4 Å². The van der Waals surface area contributed by atoms with Crippen LogP contribution in [0.4, 0.5) is 4.39 Å². The molecule has 0 spiro atoms. The summed E-state index contributed by atoms with van der Waals surface area (Å²) in [5.74, 6) is -1.95. The van der Waals surface area contributed by atoms with Crippen LogP contribution < -0.4 is 0 Å². The van der Waals surface area contributed by atoms with E-state index >= 15 is 0 Å². The molecule has 0 aliphatic rings. The third-order valence-corrected chi connectivity index (χ3v) is 2.10. The number of nitriles is 1. The number of carboxylic acid groups (broad SMARTS) is 1. The Morgan fingerprint density at radius 2 is 2.27 bits per heavy atom. The third-order valence-electron chi connectivity index (χ3n) is 1.61. The molecule has 76 valence electrons. The van der Waals surface area contributed by atoms with Gasteiger partial charge in [-0.05, 0) is 24.3 Å². The number of hydrogen-bond donors (Lipinski definition) is 1. The monoisotopic (exact) mass is 269 g/mol. The van der Waals surface area contributed by atoms with Gasteiger partial charge in [0.05, 0.1) is 0 Å². The molecule has 1 aromatic rings. The first-order chi connectivity index (χ1) is 7.04. The fourth-order valence-electron chi connectivity index (χ4n) is 0.923. The summed E-state index contributed by atoms with van der Waals surface area (Å²) < 4.78 is 13.8. The third kappa shape index (κ3) is 2.89. The second-order valence-corrected chi connectivity index (χ2v) is 3.56. The Balaban J connectivity index is 3.23. The zero-order valence-electron chi connectivity index (χ0n) is 7.37. The Morgan fingerprint density at radius 1 is 1.60 bits per heavy atom. The number of nitrogens with zero attached hydrogens (tertiary/aromatic N) is 1. The average Bonchev–Trinajstić information content (AvgIpc) is 2.18. The molecule has 0 aliphatic carbocycles. The van der Waals surface area contributed by atoms with Crippen molar-refractivity contribution in [3.05, 3.63) is 39.6 Å². The SMILES string of the molecule is N#CC(=Cc1cc(Br)ccc1F)C(=O)O. The van der Waals surface area contributed by atoms with Crippen molar-refractivity contribution in [1.82, 2.24) is 0 Å². The summed E-state index contributed by atoms with van der Waals surface area (Å²) in [6, 6.07) is 5.55. The van der Waals surface area contributed by atoms with E-state index < -0.39 is 17.4 Å². The molecule has 0 fully saturated rings. The summed E-state index contributed by atoms with van der Waals surface area (Å²) in [5.41, 5.74) is -0.449. The standard InChI is InChI=1S/C10H5BrFNO2/c11-8-1-2-9(12)6(4-8)3-7(5-13)10(14)15/h1-4H,(H,14,15). The van der Waals surface area contributed by atoms with Crippen LogP contribution in [0.15, 0.2) is 28.2 Å². The highest BCUT2D eigenvalue weighted by Gasteiger charge is 2.08. The van der Waals surface area contributed by atoms with E-state index in [9.17, 15) is 9.18 Å². The minimum Gasteiger partial charge on any atom is -0.477 e. The van der Waals surface area contributed by atoms with Crippen LogP contribution in [-0.2, 0) is 4.79 Å². The number of halogens is 2.